The van der Waals surface area contributed by atoms with Gasteiger partial charge in [-0.15, -0.1) is 0 Å². The van der Waals surface area contributed by atoms with Gasteiger partial charge in [-0.1, -0.05) is 45.0 Å². The fourth-order valence-electron chi connectivity index (χ4n) is 5.18. The lowest BCUT2D eigenvalue weighted by molar-refractivity contribution is 0.0664. The lowest BCUT2D eigenvalue weighted by atomic mass is 9.87. The number of likely N-dealkylation sites (N-methyl/N-ethyl adjacent to an activating group) is 1. The van der Waals surface area contributed by atoms with Gasteiger partial charge in [0.1, 0.15) is 5.69 Å². The minimum Gasteiger partial charge on any atom is -0.382 e. The standard InChI is InChI=1S/C35H41N5O3/c1-24-30(8-7-9-32(24)43-37-29-16-12-27(13-17-29)35(2,3)4)26-22-31(34(42)39(6)23-26)36-28-14-10-25(11-15-28)33(41)40-20-18-38(5)19-21-40/h7-17,22-23,36-37H,18-21H2,1-6H3. The molecule has 1 saturated heterocycles. The highest BCUT2D eigenvalue weighted by Gasteiger charge is 2.20. The maximum absolute atomic E-state index is 13.1. The van der Waals surface area contributed by atoms with Crippen LogP contribution in [-0.2, 0) is 12.5 Å². The molecule has 0 bridgehead atoms. The fourth-order valence-corrected chi connectivity index (χ4v) is 5.18. The average Bonchev–Trinajstić information content (AvgIpc) is 2.99. The molecule has 0 spiro atoms. The minimum absolute atomic E-state index is 0.0338. The summed E-state index contributed by atoms with van der Waals surface area (Å²) < 4.78 is 1.57. The number of nitrogens with one attached hydrogen (secondary N) is 2. The van der Waals surface area contributed by atoms with Crippen molar-refractivity contribution < 1.29 is 9.63 Å². The smallest absolute Gasteiger partial charge is 0.274 e. The number of carbonyl (C=O) groups excluding carboxylic acids is 1. The molecular weight excluding hydrogens is 538 g/mol. The zero-order chi connectivity index (χ0) is 30.7. The SMILES string of the molecule is Cc1c(ONc2ccc(C(C)(C)C)cc2)cccc1-c1cc(Nc2ccc(C(=O)N3CCN(C)CC3)cc2)c(=O)n(C)c1. The molecule has 1 aliphatic rings. The van der Waals surface area contributed by atoms with Gasteiger partial charge in [0, 0.05) is 61.8 Å². The average molecular weight is 580 g/mol. The molecule has 1 amide bonds. The number of aromatic nitrogens is 1. The zero-order valence-corrected chi connectivity index (χ0v) is 25.9. The Morgan fingerprint density at radius 2 is 1.51 bits per heavy atom. The molecule has 1 aromatic heterocycles. The van der Waals surface area contributed by atoms with Crippen molar-refractivity contribution in [3.63, 3.8) is 0 Å². The van der Waals surface area contributed by atoms with E-state index >= 15 is 0 Å². The first-order valence-corrected chi connectivity index (χ1v) is 14.7. The van der Waals surface area contributed by atoms with Crippen LogP contribution in [0.3, 0.4) is 0 Å². The number of piperazine rings is 1. The molecular formula is C35H41N5O3. The van der Waals surface area contributed by atoms with Gasteiger partial charge in [-0.25, -0.2) is 5.48 Å². The largest absolute Gasteiger partial charge is 0.382 e. The molecule has 8 nitrogen and oxygen atoms in total. The van der Waals surface area contributed by atoms with E-state index in [0.29, 0.717) is 17.0 Å². The molecule has 0 saturated carbocycles. The summed E-state index contributed by atoms with van der Waals surface area (Å²) in [6.45, 7) is 11.8. The van der Waals surface area contributed by atoms with Crippen molar-refractivity contribution in [2.45, 2.75) is 33.1 Å². The topological polar surface area (TPSA) is 78.8 Å². The second kappa shape index (κ2) is 12.4. The maximum Gasteiger partial charge on any atom is 0.274 e. The van der Waals surface area contributed by atoms with E-state index in [4.69, 9.17) is 4.84 Å². The molecule has 5 rings (SSSR count). The Labute approximate surface area is 253 Å². The van der Waals surface area contributed by atoms with Crippen LogP contribution in [0.5, 0.6) is 5.75 Å². The molecule has 0 aliphatic carbocycles. The van der Waals surface area contributed by atoms with E-state index < -0.39 is 0 Å². The molecule has 0 unspecified atom stereocenters. The Bertz CT molecular complexity index is 1650. The van der Waals surface area contributed by atoms with E-state index in [1.165, 1.54) is 5.56 Å². The van der Waals surface area contributed by atoms with E-state index in [0.717, 1.165) is 54.2 Å². The van der Waals surface area contributed by atoms with Crippen LogP contribution in [0.25, 0.3) is 11.1 Å². The Morgan fingerprint density at radius 1 is 0.860 bits per heavy atom. The van der Waals surface area contributed by atoms with Crippen molar-refractivity contribution in [1.29, 1.82) is 0 Å². The summed E-state index contributed by atoms with van der Waals surface area (Å²) in [6.07, 6.45) is 1.83. The van der Waals surface area contributed by atoms with E-state index in [-0.39, 0.29) is 16.9 Å². The number of rotatable bonds is 7. The summed E-state index contributed by atoms with van der Waals surface area (Å²) in [5.74, 6) is 0.730. The van der Waals surface area contributed by atoms with Crippen LogP contribution in [0.1, 0.15) is 42.3 Å². The quantitative estimate of drug-likeness (QED) is 0.254. The van der Waals surface area contributed by atoms with Gasteiger partial charge in [0.2, 0.25) is 0 Å². The number of carbonyl (C=O) groups is 1. The number of amides is 1. The highest BCUT2D eigenvalue weighted by Crippen LogP contribution is 2.31. The molecule has 0 radical (unpaired) electrons. The van der Waals surface area contributed by atoms with Gasteiger partial charge >= 0.3 is 0 Å². The molecule has 224 valence electrons. The number of anilines is 3. The molecule has 0 atom stereocenters. The predicted octanol–water partition coefficient (Wildman–Crippen LogP) is 6.20. The summed E-state index contributed by atoms with van der Waals surface area (Å²) in [7, 11) is 3.81. The van der Waals surface area contributed by atoms with Crippen LogP contribution in [-0.4, -0.2) is 53.5 Å². The monoisotopic (exact) mass is 579 g/mol. The Morgan fingerprint density at radius 3 is 2.16 bits per heavy atom. The predicted molar refractivity (Wildman–Crippen MR) is 174 cm³/mol. The van der Waals surface area contributed by atoms with Crippen molar-refractivity contribution in [1.82, 2.24) is 14.4 Å². The first kappa shape index (κ1) is 29.9. The van der Waals surface area contributed by atoms with Gasteiger partial charge < -0.3 is 24.5 Å². The highest BCUT2D eigenvalue weighted by atomic mass is 16.6. The van der Waals surface area contributed by atoms with E-state index in [1.54, 1.807) is 11.6 Å². The molecule has 2 heterocycles. The molecule has 1 aliphatic heterocycles. The summed E-state index contributed by atoms with van der Waals surface area (Å²) in [4.78, 5) is 36.1. The molecule has 1 fully saturated rings. The van der Waals surface area contributed by atoms with Crippen molar-refractivity contribution >= 4 is 23.0 Å². The third-order valence-electron chi connectivity index (χ3n) is 8.01. The molecule has 2 N–H and O–H groups in total. The third-order valence-corrected chi connectivity index (χ3v) is 8.01. The van der Waals surface area contributed by atoms with Crippen LogP contribution in [0.2, 0.25) is 0 Å². The summed E-state index contributed by atoms with van der Waals surface area (Å²) in [6, 6.07) is 23.3. The fraction of sp³-hybridized carbons (Fsp3) is 0.314. The number of aryl methyl sites for hydroxylation is 1. The molecule has 8 heteroatoms. The number of benzene rings is 3. The Hall–Kier alpha value is -4.56. The Balaban J connectivity index is 1.32. The van der Waals surface area contributed by atoms with Gasteiger partial charge in [-0.2, -0.15) is 0 Å². The molecule has 4 aromatic rings. The van der Waals surface area contributed by atoms with Crippen LogP contribution >= 0.6 is 0 Å². The van der Waals surface area contributed by atoms with E-state index in [9.17, 15) is 9.59 Å². The molecule has 3 aromatic carbocycles. The second-order valence-electron chi connectivity index (χ2n) is 12.3. The number of nitrogens with zero attached hydrogens (tertiary/aromatic N) is 3. The van der Waals surface area contributed by atoms with Gasteiger partial charge in [-0.05, 0) is 79.0 Å². The number of pyridine rings is 1. The van der Waals surface area contributed by atoms with Crippen molar-refractivity contribution in [2.24, 2.45) is 7.05 Å². The first-order chi connectivity index (χ1) is 20.5. The van der Waals surface area contributed by atoms with Crippen LogP contribution in [0, 0.1) is 6.92 Å². The lowest BCUT2D eigenvalue weighted by Crippen LogP contribution is -2.47. The van der Waals surface area contributed by atoms with E-state index in [2.05, 4.69) is 55.6 Å². The summed E-state index contributed by atoms with van der Waals surface area (Å²) >= 11 is 0. The number of hydrogen-bond donors (Lipinski definition) is 2. The van der Waals surface area contributed by atoms with Crippen molar-refractivity contribution in [3.8, 4) is 16.9 Å². The lowest BCUT2D eigenvalue weighted by Gasteiger charge is -2.32. The maximum atomic E-state index is 13.1. The molecule has 43 heavy (non-hydrogen) atoms. The van der Waals surface area contributed by atoms with Crippen LogP contribution < -0.4 is 21.2 Å². The summed E-state index contributed by atoms with van der Waals surface area (Å²) in [5, 5.41) is 3.26. The highest BCUT2D eigenvalue weighted by molar-refractivity contribution is 5.94. The summed E-state index contributed by atoms with van der Waals surface area (Å²) in [5.41, 5.74) is 9.72. The Kier molecular flexibility index (Phi) is 8.59. The van der Waals surface area contributed by atoms with Gasteiger partial charge in [0.25, 0.3) is 11.5 Å². The van der Waals surface area contributed by atoms with Gasteiger partial charge in [0.15, 0.2) is 5.75 Å². The van der Waals surface area contributed by atoms with Crippen LogP contribution in [0.4, 0.5) is 17.1 Å². The zero-order valence-electron chi connectivity index (χ0n) is 25.9. The minimum atomic E-state index is -0.147. The second-order valence-corrected chi connectivity index (χ2v) is 12.3. The van der Waals surface area contributed by atoms with E-state index in [1.807, 2.05) is 78.7 Å². The number of hydrogen-bond acceptors (Lipinski definition) is 6. The normalized spacial score (nSPS) is 14.0. The van der Waals surface area contributed by atoms with Gasteiger partial charge in [0.05, 0.1) is 5.69 Å². The van der Waals surface area contributed by atoms with Gasteiger partial charge in [-0.3, -0.25) is 9.59 Å². The van der Waals surface area contributed by atoms with Crippen LogP contribution in [0.15, 0.2) is 83.8 Å². The first-order valence-electron chi connectivity index (χ1n) is 14.7. The van der Waals surface area contributed by atoms with Crippen molar-refractivity contribution in [2.75, 3.05) is 44.0 Å². The third kappa shape index (κ3) is 6.92. The van der Waals surface area contributed by atoms with Crippen molar-refractivity contribution in [3.05, 3.63) is 106 Å².